The fraction of sp³-hybridized carbons (Fsp3) is 0.476. The molecule has 1 aliphatic heterocycles. The number of hydrogen-bond donors (Lipinski definition) is 1. The van der Waals surface area contributed by atoms with Gasteiger partial charge in [-0.3, -0.25) is 0 Å². The third-order valence-electron chi connectivity index (χ3n) is 5.54. The quantitative estimate of drug-likeness (QED) is 0.706. The van der Waals surface area contributed by atoms with Gasteiger partial charge in [-0.15, -0.1) is 0 Å². The van der Waals surface area contributed by atoms with Gasteiger partial charge >= 0.3 is 0 Å². The van der Waals surface area contributed by atoms with E-state index >= 15 is 0 Å². The number of rotatable bonds is 5. The first-order valence-corrected chi connectivity index (χ1v) is 9.87. The average Bonchev–Trinajstić information content (AvgIpc) is 3.33. The molecule has 4 rings (SSSR count). The van der Waals surface area contributed by atoms with E-state index in [0.717, 1.165) is 42.8 Å². The van der Waals surface area contributed by atoms with E-state index in [0.29, 0.717) is 35.2 Å². The molecule has 0 bridgehead atoms. The lowest BCUT2D eigenvalue weighted by atomic mass is 10.0. The molecular formula is C21H27N5O2. The topological polar surface area (TPSA) is 80.2 Å². The Kier molecular flexibility index (Phi) is 5.17. The summed E-state index contributed by atoms with van der Waals surface area (Å²) in [5, 5.41) is 7.58. The summed E-state index contributed by atoms with van der Waals surface area (Å²) < 4.78 is 11.2. The average molecular weight is 381 g/mol. The van der Waals surface area contributed by atoms with Crippen molar-refractivity contribution in [2.24, 2.45) is 0 Å². The van der Waals surface area contributed by atoms with Crippen molar-refractivity contribution in [1.29, 1.82) is 0 Å². The van der Waals surface area contributed by atoms with Crippen LogP contribution in [0.25, 0.3) is 22.8 Å². The Balaban J connectivity index is 1.61. The molecule has 148 valence electrons. The summed E-state index contributed by atoms with van der Waals surface area (Å²) in [4.78, 5) is 11.8. The lowest BCUT2D eigenvalue weighted by molar-refractivity contribution is 0.177. The Bertz CT molecular complexity index is 924. The minimum atomic E-state index is 0.375. The van der Waals surface area contributed by atoms with Crippen molar-refractivity contribution in [1.82, 2.24) is 20.0 Å². The Morgan fingerprint density at radius 1 is 1.21 bits per heavy atom. The Labute approximate surface area is 165 Å². The molecule has 0 aliphatic carbocycles. The van der Waals surface area contributed by atoms with Gasteiger partial charge in [-0.2, -0.15) is 0 Å². The van der Waals surface area contributed by atoms with Gasteiger partial charge in [-0.05, 0) is 52.7 Å². The van der Waals surface area contributed by atoms with Crippen molar-refractivity contribution in [2.45, 2.75) is 52.6 Å². The highest BCUT2D eigenvalue weighted by molar-refractivity contribution is 5.77. The predicted molar refractivity (Wildman–Crippen MR) is 108 cm³/mol. The zero-order chi connectivity index (χ0) is 19.7. The van der Waals surface area contributed by atoms with Crippen molar-refractivity contribution in [2.75, 3.05) is 18.4 Å². The molecular weight excluding hydrogens is 354 g/mol. The molecule has 3 aromatic rings. The number of hydrogen-bond acceptors (Lipinski definition) is 7. The molecule has 0 radical (unpaired) electrons. The molecule has 28 heavy (non-hydrogen) atoms. The van der Waals surface area contributed by atoms with E-state index < -0.39 is 0 Å². The number of nitrogens with zero attached hydrogens (tertiary/aromatic N) is 4. The standard InChI is InChI=1S/C21H27N5O2/c1-13(2)26-9-7-16(8-10-26)23-21-22-12-17(20-14(3)15(4)25-28-20)19(24-21)18-6-5-11-27-18/h5-6,11-13,16H,7-10H2,1-4H3,(H,22,23,24). The summed E-state index contributed by atoms with van der Waals surface area (Å²) in [6.07, 6.45) is 5.61. The molecule has 3 aromatic heterocycles. The van der Waals surface area contributed by atoms with Crippen molar-refractivity contribution < 1.29 is 8.94 Å². The first kappa shape index (κ1) is 18.7. The second-order valence-electron chi connectivity index (χ2n) is 7.70. The van der Waals surface area contributed by atoms with Crippen molar-refractivity contribution in [3.63, 3.8) is 0 Å². The maximum absolute atomic E-state index is 5.63. The lowest BCUT2D eigenvalue weighted by Gasteiger charge is -2.34. The Morgan fingerprint density at radius 3 is 2.61 bits per heavy atom. The highest BCUT2D eigenvalue weighted by Gasteiger charge is 2.23. The maximum Gasteiger partial charge on any atom is 0.223 e. The third-order valence-corrected chi connectivity index (χ3v) is 5.54. The second-order valence-corrected chi connectivity index (χ2v) is 7.70. The molecule has 0 spiro atoms. The van der Waals surface area contributed by atoms with Gasteiger partial charge in [0, 0.05) is 36.9 Å². The molecule has 7 heteroatoms. The van der Waals surface area contributed by atoms with Gasteiger partial charge in [-0.25, -0.2) is 9.97 Å². The van der Waals surface area contributed by atoms with Crippen LogP contribution in [0.3, 0.4) is 0 Å². The van der Waals surface area contributed by atoms with Gasteiger partial charge in [0.05, 0.1) is 17.5 Å². The minimum Gasteiger partial charge on any atom is -0.463 e. The van der Waals surface area contributed by atoms with Gasteiger partial charge in [0.1, 0.15) is 5.69 Å². The van der Waals surface area contributed by atoms with Crippen LogP contribution >= 0.6 is 0 Å². The molecule has 1 aliphatic rings. The summed E-state index contributed by atoms with van der Waals surface area (Å²) in [5.74, 6) is 1.98. The number of aryl methyl sites for hydroxylation is 1. The SMILES string of the molecule is Cc1noc(-c2cnc(NC3CCN(C(C)C)CC3)nc2-c2ccco2)c1C. The molecule has 0 atom stereocenters. The van der Waals surface area contributed by atoms with Crippen molar-refractivity contribution in [3.8, 4) is 22.8 Å². The van der Waals surface area contributed by atoms with E-state index in [1.54, 1.807) is 12.5 Å². The van der Waals surface area contributed by atoms with Gasteiger partial charge < -0.3 is 19.2 Å². The van der Waals surface area contributed by atoms with Crippen LogP contribution in [-0.2, 0) is 0 Å². The molecule has 0 aromatic carbocycles. The van der Waals surface area contributed by atoms with E-state index in [2.05, 4.69) is 34.2 Å². The molecule has 7 nitrogen and oxygen atoms in total. The third kappa shape index (κ3) is 3.67. The summed E-state index contributed by atoms with van der Waals surface area (Å²) in [7, 11) is 0. The summed E-state index contributed by atoms with van der Waals surface area (Å²) in [6.45, 7) is 10.6. The van der Waals surface area contributed by atoms with Gasteiger partial charge in [0.2, 0.25) is 5.95 Å². The van der Waals surface area contributed by atoms with E-state index in [4.69, 9.17) is 13.9 Å². The first-order valence-electron chi connectivity index (χ1n) is 9.87. The Hall–Kier alpha value is -2.67. The highest BCUT2D eigenvalue weighted by Crippen LogP contribution is 2.34. The largest absolute Gasteiger partial charge is 0.463 e. The molecule has 1 N–H and O–H groups in total. The number of likely N-dealkylation sites (tertiary alicyclic amines) is 1. The van der Waals surface area contributed by atoms with Crippen molar-refractivity contribution in [3.05, 3.63) is 35.9 Å². The second kappa shape index (κ2) is 7.75. The maximum atomic E-state index is 5.63. The van der Waals surface area contributed by atoms with Crippen LogP contribution in [0.2, 0.25) is 0 Å². The van der Waals surface area contributed by atoms with E-state index in [1.165, 1.54) is 0 Å². The normalized spacial score (nSPS) is 16.0. The van der Waals surface area contributed by atoms with Crippen LogP contribution in [-0.4, -0.2) is 45.2 Å². The van der Waals surface area contributed by atoms with Crippen LogP contribution in [0.1, 0.15) is 37.9 Å². The molecule has 4 heterocycles. The van der Waals surface area contributed by atoms with Gasteiger partial charge in [0.15, 0.2) is 11.5 Å². The van der Waals surface area contributed by atoms with Crippen LogP contribution in [0.4, 0.5) is 5.95 Å². The number of nitrogens with one attached hydrogen (secondary N) is 1. The van der Waals surface area contributed by atoms with Crippen LogP contribution in [0.15, 0.2) is 33.5 Å². The molecule has 0 saturated carbocycles. The number of aromatic nitrogens is 3. The van der Waals surface area contributed by atoms with Crippen molar-refractivity contribution >= 4 is 5.95 Å². The molecule has 1 saturated heterocycles. The lowest BCUT2D eigenvalue weighted by Crippen LogP contribution is -2.42. The van der Waals surface area contributed by atoms with Crippen LogP contribution in [0.5, 0.6) is 0 Å². The number of piperidine rings is 1. The molecule has 1 fully saturated rings. The summed E-state index contributed by atoms with van der Waals surface area (Å²) in [6, 6.07) is 4.72. The minimum absolute atomic E-state index is 0.375. The number of furan rings is 1. The summed E-state index contributed by atoms with van der Waals surface area (Å²) >= 11 is 0. The zero-order valence-corrected chi connectivity index (χ0v) is 16.9. The van der Waals surface area contributed by atoms with E-state index in [-0.39, 0.29) is 0 Å². The molecule has 0 amide bonds. The fourth-order valence-corrected chi connectivity index (χ4v) is 3.63. The van der Waals surface area contributed by atoms with Gasteiger partial charge in [-0.1, -0.05) is 5.16 Å². The zero-order valence-electron chi connectivity index (χ0n) is 16.9. The predicted octanol–water partition coefficient (Wildman–Crippen LogP) is 4.29. The van der Waals surface area contributed by atoms with E-state index in [1.807, 2.05) is 26.0 Å². The first-order chi connectivity index (χ1) is 13.5. The van der Waals surface area contributed by atoms with Gasteiger partial charge in [0.25, 0.3) is 0 Å². The smallest absolute Gasteiger partial charge is 0.223 e. The fourth-order valence-electron chi connectivity index (χ4n) is 3.63. The monoisotopic (exact) mass is 381 g/mol. The van der Waals surface area contributed by atoms with E-state index in [9.17, 15) is 0 Å². The Morgan fingerprint density at radius 2 is 2.00 bits per heavy atom. The number of anilines is 1. The summed E-state index contributed by atoms with van der Waals surface area (Å²) in [5.41, 5.74) is 3.34. The highest BCUT2D eigenvalue weighted by atomic mass is 16.5. The molecule has 0 unspecified atom stereocenters. The van der Waals surface area contributed by atoms with Crippen LogP contribution in [0, 0.1) is 13.8 Å². The van der Waals surface area contributed by atoms with Crippen LogP contribution < -0.4 is 5.32 Å².